The zero-order valence-corrected chi connectivity index (χ0v) is 18.7. The van der Waals surface area contributed by atoms with Crippen LogP contribution in [0.2, 0.25) is 0 Å². The summed E-state index contributed by atoms with van der Waals surface area (Å²) in [4.78, 5) is 10.4. The van der Waals surface area contributed by atoms with Crippen LogP contribution in [-0.2, 0) is 0 Å². The van der Waals surface area contributed by atoms with E-state index in [-0.39, 0.29) is 17.8 Å². The minimum atomic E-state index is -0.434. The van der Waals surface area contributed by atoms with Gasteiger partial charge in [0.05, 0.1) is 11.0 Å². The number of nitro benzene ring substituents is 1. The summed E-state index contributed by atoms with van der Waals surface area (Å²) in [6.07, 6.45) is 1.12. The molecule has 0 amide bonds. The molecule has 0 unspecified atom stereocenters. The molecule has 7 heteroatoms. The summed E-state index contributed by atoms with van der Waals surface area (Å²) < 4.78 is 5.86. The highest BCUT2D eigenvalue weighted by atomic mass is 16.6. The van der Waals surface area contributed by atoms with Crippen molar-refractivity contribution >= 4 is 5.69 Å². The van der Waals surface area contributed by atoms with Crippen molar-refractivity contribution in [3.05, 3.63) is 75.7 Å². The number of nitrogens with one attached hydrogen (secondary N) is 1. The van der Waals surface area contributed by atoms with Gasteiger partial charge in [-0.25, -0.2) is 0 Å². The minimum Gasteiger partial charge on any atom is -0.419 e. The lowest BCUT2D eigenvalue weighted by Gasteiger charge is -2.26. The maximum Gasteiger partial charge on any atom is 0.269 e. The fourth-order valence-electron chi connectivity index (χ4n) is 3.53. The van der Waals surface area contributed by atoms with Gasteiger partial charge in [-0.05, 0) is 48.4 Å². The van der Waals surface area contributed by atoms with E-state index in [1.54, 1.807) is 12.1 Å². The van der Waals surface area contributed by atoms with Crippen LogP contribution in [0.1, 0.15) is 76.1 Å². The van der Waals surface area contributed by atoms with Crippen molar-refractivity contribution in [2.45, 2.75) is 59.0 Å². The lowest BCUT2D eigenvalue weighted by Crippen LogP contribution is -2.28. The number of aromatic nitrogens is 2. The first-order chi connectivity index (χ1) is 14.8. The van der Waals surface area contributed by atoms with E-state index in [0.717, 1.165) is 6.42 Å². The lowest BCUT2D eigenvalue weighted by atomic mass is 9.92. The van der Waals surface area contributed by atoms with Crippen molar-refractivity contribution in [2.24, 2.45) is 5.92 Å². The van der Waals surface area contributed by atoms with Crippen LogP contribution >= 0.6 is 0 Å². The molecule has 3 rings (SSSR count). The van der Waals surface area contributed by atoms with Gasteiger partial charge in [-0.3, -0.25) is 15.4 Å². The quantitative estimate of drug-likeness (QED) is 0.325. The van der Waals surface area contributed by atoms with Crippen LogP contribution in [-0.4, -0.2) is 15.1 Å². The highest BCUT2D eigenvalue weighted by Crippen LogP contribution is 2.29. The first-order valence-electron chi connectivity index (χ1n) is 10.7. The Kier molecular flexibility index (Phi) is 7.17. The van der Waals surface area contributed by atoms with Crippen LogP contribution in [0.5, 0.6) is 0 Å². The Hall–Kier alpha value is -3.06. The average Bonchev–Trinajstić information content (AvgIpc) is 3.27. The summed E-state index contributed by atoms with van der Waals surface area (Å²) in [5.41, 5.74) is 3.26. The molecule has 2 aromatic carbocycles. The van der Waals surface area contributed by atoms with Crippen LogP contribution in [0.15, 0.2) is 52.9 Å². The SMILES string of the molecule is CC[C@@H](C)c1ccc([C@H](N[C@@H](C)c2nnc(-c3ccc([N+](=O)[O-])cc3)o2)C(C)C)cc1. The number of nitrogens with zero attached hydrogens (tertiary/aromatic N) is 3. The number of nitro groups is 1. The highest BCUT2D eigenvalue weighted by molar-refractivity contribution is 5.55. The first kappa shape index (κ1) is 22.6. The third-order valence-electron chi connectivity index (χ3n) is 5.71. The van der Waals surface area contributed by atoms with Crippen LogP contribution in [0.3, 0.4) is 0 Å². The van der Waals surface area contributed by atoms with Crippen molar-refractivity contribution in [3.8, 4) is 11.5 Å². The fourth-order valence-corrected chi connectivity index (χ4v) is 3.53. The Morgan fingerprint density at radius 3 is 2.13 bits per heavy atom. The topological polar surface area (TPSA) is 94.1 Å². The summed E-state index contributed by atoms with van der Waals surface area (Å²) in [6.45, 7) is 10.8. The smallest absolute Gasteiger partial charge is 0.269 e. The Morgan fingerprint density at radius 1 is 0.968 bits per heavy atom. The highest BCUT2D eigenvalue weighted by Gasteiger charge is 2.22. The molecule has 3 atom stereocenters. The molecule has 0 spiro atoms. The molecule has 0 fully saturated rings. The molecule has 164 valence electrons. The first-order valence-corrected chi connectivity index (χ1v) is 10.7. The van der Waals surface area contributed by atoms with E-state index in [2.05, 4.69) is 67.5 Å². The van der Waals surface area contributed by atoms with Crippen LogP contribution in [0.4, 0.5) is 5.69 Å². The van der Waals surface area contributed by atoms with Gasteiger partial charge in [-0.2, -0.15) is 0 Å². The van der Waals surface area contributed by atoms with E-state index in [9.17, 15) is 10.1 Å². The molecule has 0 aliphatic carbocycles. The molecule has 0 saturated heterocycles. The Morgan fingerprint density at radius 2 is 1.58 bits per heavy atom. The summed E-state index contributed by atoms with van der Waals surface area (Å²) in [5, 5.41) is 22.8. The second-order valence-electron chi connectivity index (χ2n) is 8.34. The van der Waals surface area contributed by atoms with Crippen LogP contribution < -0.4 is 5.32 Å². The Balaban J connectivity index is 1.74. The molecular weight excluding hydrogens is 392 g/mol. The van der Waals surface area contributed by atoms with Gasteiger partial charge in [-0.15, -0.1) is 10.2 Å². The molecular formula is C24H30N4O3. The molecule has 1 aromatic heterocycles. The Labute approximate surface area is 183 Å². The summed E-state index contributed by atoms with van der Waals surface area (Å²) >= 11 is 0. The van der Waals surface area contributed by atoms with Crippen molar-refractivity contribution < 1.29 is 9.34 Å². The summed E-state index contributed by atoms with van der Waals surface area (Å²) in [7, 11) is 0. The van der Waals surface area contributed by atoms with Gasteiger partial charge >= 0.3 is 0 Å². The zero-order valence-electron chi connectivity index (χ0n) is 18.7. The van der Waals surface area contributed by atoms with Gasteiger partial charge in [0.25, 0.3) is 5.69 Å². The van der Waals surface area contributed by atoms with Crippen molar-refractivity contribution in [1.82, 2.24) is 15.5 Å². The lowest BCUT2D eigenvalue weighted by molar-refractivity contribution is -0.384. The second-order valence-corrected chi connectivity index (χ2v) is 8.34. The second kappa shape index (κ2) is 9.83. The predicted octanol–water partition coefficient (Wildman–Crippen LogP) is 6.21. The van der Waals surface area contributed by atoms with E-state index in [1.165, 1.54) is 23.3 Å². The maximum absolute atomic E-state index is 10.8. The number of hydrogen-bond acceptors (Lipinski definition) is 6. The fraction of sp³-hybridized carbons (Fsp3) is 0.417. The minimum absolute atomic E-state index is 0.0256. The molecule has 31 heavy (non-hydrogen) atoms. The molecule has 0 aliphatic rings. The summed E-state index contributed by atoms with van der Waals surface area (Å²) in [5.74, 6) is 1.75. The van der Waals surface area contributed by atoms with E-state index in [1.807, 2.05) is 6.92 Å². The van der Waals surface area contributed by atoms with Gasteiger partial charge in [-0.1, -0.05) is 52.0 Å². The number of rotatable bonds is 9. The van der Waals surface area contributed by atoms with Gasteiger partial charge in [0.2, 0.25) is 11.8 Å². The third kappa shape index (κ3) is 5.35. The average molecular weight is 423 g/mol. The van der Waals surface area contributed by atoms with E-state index in [4.69, 9.17) is 4.42 Å². The zero-order chi connectivity index (χ0) is 22.5. The molecule has 3 aromatic rings. The molecule has 0 bridgehead atoms. The van der Waals surface area contributed by atoms with E-state index >= 15 is 0 Å². The molecule has 1 N–H and O–H groups in total. The summed E-state index contributed by atoms with van der Waals surface area (Å²) in [6, 6.07) is 14.9. The molecule has 0 radical (unpaired) electrons. The molecule has 0 aliphatic heterocycles. The van der Waals surface area contributed by atoms with Gasteiger partial charge < -0.3 is 4.42 Å². The largest absolute Gasteiger partial charge is 0.419 e. The predicted molar refractivity (Wildman–Crippen MR) is 121 cm³/mol. The monoisotopic (exact) mass is 422 g/mol. The third-order valence-corrected chi connectivity index (χ3v) is 5.71. The number of hydrogen-bond donors (Lipinski definition) is 1. The van der Waals surface area contributed by atoms with E-state index in [0.29, 0.717) is 29.2 Å². The molecule has 0 saturated carbocycles. The maximum atomic E-state index is 10.8. The van der Waals surface area contributed by atoms with Crippen LogP contribution in [0.25, 0.3) is 11.5 Å². The molecule has 7 nitrogen and oxygen atoms in total. The van der Waals surface area contributed by atoms with Crippen molar-refractivity contribution in [3.63, 3.8) is 0 Å². The van der Waals surface area contributed by atoms with Crippen molar-refractivity contribution in [2.75, 3.05) is 0 Å². The number of benzene rings is 2. The Bertz CT molecular complexity index is 996. The van der Waals surface area contributed by atoms with Crippen LogP contribution in [0, 0.1) is 16.0 Å². The molecule has 1 heterocycles. The number of non-ortho nitro benzene ring substituents is 1. The van der Waals surface area contributed by atoms with E-state index < -0.39 is 4.92 Å². The van der Waals surface area contributed by atoms with Gasteiger partial charge in [0.15, 0.2) is 0 Å². The van der Waals surface area contributed by atoms with Gasteiger partial charge in [0.1, 0.15) is 0 Å². The van der Waals surface area contributed by atoms with Crippen molar-refractivity contribution in [1.29, 1.82) is 0 Å². The van der Waals surface area contributed by atoms with Gasteiger partial charge in [0, 0.05) is 23.7 Å². The standard InChI is InChI=1S/C24H30N4O3/c1-6-16(4)18-7-9-19(10-8-18)22(15(2)3)25-17(5)23-26-27-24(31-23)20-11-13-21(14-12-20)28(29)30/h7-17,22,25H,6H2,1-5H3/t16-,17+,22-/m1/s1. The normalized spacial score (nSPS) is 14.4.